The summed E-state index contributed by atoms with van der Waals surface area (Å²) in [5, 5.41) is 13.2. The third-order valence-electron chi connectivity index (χ3n) is 2.59. The number of thiophene rings is 1. The molecule has 1 unspecified atom stereocenters. The van der Waals surface area contributed by atoms with E-state index in [0.717, 1.165) is 16.0 Å². The minimum Gasteiger partial charge on any atom is -0.396 e. The summed E-state index contributed by atoms with van der Waals surface area (Å²) in [5.74, 6) is 6.51. The van der Waals surface area contributed by atoms with E-state index in [1.807, 2.05) is 19.9 Å². The number of aliphatic hydroxyl groups is 1. The lowest BCUT2D eigenvalue weighted by atomic mass is 10.2. The quantitative estimate of drug-likeness (QED) is 0.484. The molecule has 0 aliphatic rings. The van der Waals surface area contributed by atoms with Crippen LogP contribution < -0.4 is 16.6 Å². The van der Waals surface area contributed by atoms with Crippen LogP contribution in [0.3, 0.4) is 0 Å². The molecule has 98 valence electrons. The van der Waals surface area contributed by atoms with Crippen LogP contribution in [0.2, 0.25) is 0 Å². The molecule has 6 nitrogen and oxygen atoms in total. The van der Waals surface area contributed by atoms with Gasteiger partial charge in [0.05, 0.1) is 5.39 Å². The van der Waals surface area contributed by atoms with Crippen LogP contribution in [0.1, 0.15) is 18.2 Å². The van der Waals surface area contributed by atoms with Crippen LogP contribution in [0.4, 0.5) is 11.8 Å². The highest BCUT2D eigenvalue weighted by molar-refractivity contribution is 7.18. The fraction of sp³-hybridized carbons (Fsp3) is 0.455. The standard InChI is InChI=1S/C11H17N5OS/c1-6(3-4-17)13-9-8-5-7(2)18-10(8)15-11(14-9)16-12/h5-6,17H,3-4,12H2,1-2H3,(H2,13,14,15,16). The lowest BCUT2D eigenvalue weighted by Crippen LogP contribution is -2.19. The van der Waals surface area contributed by atoms with Gasteiger partial charge in [-0.3, -0.25) is 5.43 Å². The van der Waals surface area contributed by atoms with Gasteiger partial charge in [0.25, 0.3) is 0 Å². The van der Waals surface area contributed by atoms with Gasteiger partial charge < -0.3 is 10.4 Å². The number of aliphatic hydroxyl groups excluding tert-OH is 1. The van der Waals surface area contributed by atoms with Gasteiger partial charge in [-0.2, -0.15) is 4.98 Å². The molecule has 2 aromatic heterocycles. The summed E-state index contributed by atoms with van der Waals surface area (Å²) in [6.07, 6.45) is 0.667. The number of rotatable bonds is 5. The number of nitrogen functional groups attached to an aromatic ring is 1. The van der Waals surface area contributed by atoms with Gasteiger partial charge in [0.1, 0.15) is 10.6 Å². The number of aryl methyl sites for hydroxylation is 1. The van der Waals surface area contributed by atoms with Crippen molar-refractivity contribution >= 4 is 33.3 Å². The van der Waals surface area contributed by atoms with Gasteiger partial charge in [-0.15, -0.1) is 11.3 Å². The molecule has 5 N–H and O–H groups in total. The number of hydrogen-bond acceptors (Lipinski definition) is 7. The third kappa shape index (κ3) is 2.69. The summed E-state index contributed by atoms with van der Waals surface area (Å²) >= 11 is 1.60. The van der Waals surface area contributed by atoms with Gasteiger partial charge in [0, 0.05) is 17.5 Å². The number of hydrogen-bond donors (Lipinski definition) is 4. The average Bonchev–Trinajstić information content (AvgIpc) is 2.69. The Kier molecular flexibility index (Phi) is 3.95. The third-order valence-corrected chi connectivity index (χ3v) is 3.53. The molecule has 0 bridgehead atoms. The van der Waals surface area contributed by atoms with Crippen LogP contribution in [-0.2, 0) is 0 Å². The first-order valence-corrected chi connectivity index (χ1v) is 6.58. The van der Waals surface area contributed by atoms with E-state index in [0.29, 0.717) is 12.4 Å². The first kappa shape index (κ1) is 13.0. The summed E-state index contributed by atoms with van der Waals surface area (Å²) in [5.41, 5.74) is 2.47. The zero-order valence-electron chi connectivity index (χ0n) is 10.4. The fourth-order valence-electron chi connectivity index (χ4n) is 1.72. The van der Waals surface area contributed by atoms with E-state index < -0.39 is 0 Å². The van der Waals surface area contributed by atoms with E-state index >= 15 is 0 Å². The molecule has 0 radical (unpaired) electrons. The summed E-state index contributed by atoms with van der Waals surface area (Å²) in [4.78, 5) is 10.7. The Morgan fingerprint density at radius 2 is 2.28 bits per heavy atom. The number of nitrogens with two attached hydrogens (primary N) is 1. The molecule has 0 aromatic carbocycles. The first-order chi connectivity index (χ1) is 8.63. The molecule has 0 spiro atoms. The second kappa shape index (κ2) is 5.47. The van der Waals surface area contributed by atoms with Gasteiger partial charge in [0.2, 0.25) is 5.95 Å². The van der Waals surface area contributed by atoms with E-state index in [-0.39, 0.29) is 12.6 Å². The summed E-state index contributed by atoms with van der Waals surface area (Å²) in [7, 11) is 0. The normalized spacial score (nSPS) is 12.7. The van der Waals surface area contributed by atoms with Crippen LogP contribution in [0.15, 0.2) is 6.07 Å². The first-order valence-electron chi connectivity index (χ1n) is 5.76. The average molecular weight is 267 g/mol. The number of hydrazine groups is 1. The highest BCUT2D eigenvalue weighted by Crippen LogP contribution is 2.29. The van der Waals surface area contributed by atoms with Crippen molar-refractivity contribution in [3.8, 4) is 0 Å². The Balaban J connectivity index is 2.40. The highest BCUT2D eigenvalue weighted by Gasteiger charge is 2.12. The summed E-state index contributed by atoms with van der Waals surface area (Å²) < 4.78 is 0. The Labute approximate surface area is 109 Å². The SMILES string of the molecule is Cc1cc2c(NC(C)CCO)nc(NN)nc2s1. The number of anilines is 2. The van der Waals surface area contributed by atoms with Crippen molar-refractivity contribution in [2.24, 2.45) is 5.84 Å². The van der Waals surface area contributed by atoms with Gasteiger partial charge in [-0.05, 0) is 26.3 Å². The molecule has 2 heterocycles. The molecule has 0 aliphatic carbocycles. The smallest absolute Gasteiger partial charge is 0.240 e. The van der Waals surface area contributed by atoms with Crippen LogP contribution in [0.25, 0.3) is 10.2 Å². The van der Waals surface area contributed by atoms with Crippen molar-refractivity contribution in [2.75, 3.05) is 17.3 Å². The molecule has 0 fully saturated rings. The van der Waals surface area contributed by atoms with Crippen molar-refractivity contribution in [2.45, 2.75) is 26.3 Å². The number of nitrogens with one attached hydrogen (secondary N) is 2. The van der Waals surface area contributed by atoms with Crippen LogP contribution in [0, 0.1) is 6.92 Å². The summed E-state index contributed by atoms with van der Waals surface area (Å²) in [6.45, 7) is 4.18. The molecular formula is C11H17N5OS. The van der Waals surface area contributed by atoms with Crippen molar-refractivity contribution in [1.82, 2.24) is 9.97 Å². The molecule has 0 saturated heterocycles. The summed E-state index contributed by atoms with van der Waals surface area (Å²) in [6, 6.07) is 2.19. The highest BCUT2D eigenvalue weighted by atomic mass is 32.1. The maximum Gasteiger partial charge on any atom is 0.240 e. The Morgan fingerprint density at radius 1 is 1.50 bits per heavy atom. The van der Waals surface area contributed by atoms with Crippen LogP contribution in [0.5, 0.6) is 0 Å². The maximum atomic E-state index is 8.93. The van der Waals surface area contributed by atoms with E-state index in [9.17, 15) is 0 Å². The van der Waals surface area contributed by atoms with Gasteiger partial charge in [-0.25, -0.2) is 10.8 Å². The number of fused-ring (bicyclic) bond motifs is 1. The van der Waals surface area contributed by atoms with E-state index in [1.54, 1.807) is 11.3 Å². The van der Waals surface area contributed by atoms with Gasteiger partial charge in [0.15, 0.2) is 0 Å². The molecule has 2 aromatic rings. The lowest BCUT2D eigenvalue weighted by molar-refractivity contribution is 0.282. The zero-order chi connectivity index (χ0) is 13.1. The largest absolute Gasteiger partial charge is 0.396 e. The predicted molar refractivity (Wildman–Crippen MR) is 74.7 cm³/mol. The molecular weight excluding hydrogens is 250 g/mol. The molecule has 1 atom stereocenters. The minimum atomic E-state index is 0.138. The molecule has 0 amide bonds. The number of nitrogens with zero attached hydrogens (tertiary/aromatic N) is 2. The van der Waals surface area contributed by atoms with E-state index in [2.05, 4.69) is 20.7 Å². The Hall–Kier alpha value is -1.44. The molecule has 18 heavy (non-hydrogen) atoms. The molecule has 0 aliphatic heterocycles. The monoisotopic (exact) mass is 267 g/mol. The Bertz CT molecular complexity index is 541. The lowest BCUT2D eigenvalue weighted by Gasteiger charge is -2.14. The van der Waals surface area contributed by atoms with E-state index in [1.165, 1.54) is 4.88 Å². The fourth-order valence-corrected chi connectivity index (χ4v) is 2.60. The minimum absolute atomic E-state index is 0.138. The maximum absolute atomic E-state index is 8.93. The topological polar surface area (TPSA) is 96.1 Å². The van der Waals surface area contributed by atoms with Gasteiger partial charge in [-0.1, -0.05) is 0 Å². The molecule has 7 heteroatoms. The van der Waals surface area contributed by atoms with Crippen molar-refractivity contribution < 1.29 is 5.11 Å². The molecule has 0 saturated carbocycles. The molecule has 2 rings (SSSR count). The van der Waals surface area contributed by atoms with Crippen LogP contribution in [-0.4, -0.2) is 27.7 Å². The number of aromatic nitrogens is 2. The zero-order valence-corrected chi connectivity index (χ0v) is 11.2. The Morgan fingerprint density at radius 3 is 2.94 bits per heavy atom. The van der Waals surface area contributed by atoms with Crippen molar-refractivity contribution in [3.05, 3.63) is 10.9 Å². The second-order valence-corrected chi connectivity index (χ2v) is 5.41. The van der Waals surface area contributed by atoms with Crippen molar-refractivity contribution in [3.63, 3.8) is 0 Å². The van der Waals surface area contributed by atoms with Gasteiger partial charge >= 0.3 is 0 Å². The van der Waals surface area contributed by atoms with Crippen molar-refractivity contribution in [1.29, 1.82) is 0 Å². The van der Waals surface area contributed by atoms with Crippen LogP contribution >= 0.6 is 11.3 Å². The van der Waals surface area contributed by atoms with E-state index in [4.69, 9.17) is 10.9 Å². The second-order valence-electron chi connectivity index (χ2n) is 4.17. The predicted octanol–water partition coefficient (Wildman–Crippen LogP) is 1.47.